The van der Waals surface area contributed by atoms with E-state index in [1.54, 1.807) is 0 Å². The summed E-state index contributed by atoms with van der Waals surface area (Å²) in [5.74, 6) is 0. The zero-order valence-electron chi connectivity index (χ0n) is 11.1. The molecule has 99 valence electrons. The van der Waals surface area contributed by atoms with E-state index in [1.165, 1.54) is 32.4 Å². The third-order valence-electron chi connectivity index (χ3n) is 4.02. The molecule has 0 saturated carbocycles. The van der Waals surface area contributed by atoms with E-state index >= 15 is 0 Å². The van der Waals surface area contributed by atoms with Crippen LogP contribution in [0.15, 0.2) is 39.7 Å². The van der Waals surface area contributed by atoms with Crippen LogP contribution in [-0.4, -0.2) is 30.7 Å². The van der Waals surface area contributed by atoms with Crippen molar-refractivity contribution < 1.29 is 0 Å². The first-order valence-corrected chi connectivity index (χ1v) is 7.04. The molecule has 0 aromatic heterocycles. The molecule has 0 N–H and O–H groups in total. The number of rotatable bonds is 4. The number of benzene rings is 1. The quantitative estimate of drug-likeness (QED) is 0.815. The summed E-state index contributed by atoms with van der Waals surface area (Å²) in [5, 5.41) is 12.2. The highest BCUT2D eigenvalue weighted by molar-refractivity contribution is 5.74. The van der Waals surface area contributed by atoms with Crippen LogP contribution in [0.3, 0.4) is 0 Å². The second kappa shape index (κ2) is 5.61. The van der Waals surface area contributed by atoms with E-state index in [2.05, 4.69) is 38.5 Å². The summed E-state index contributed by atoms with van der Waals surface area (Å²) in [4.78, 5) is 2.53. The molecule has 0 bridgehead atoms. The van der Waals surface area contributed by atoms with Crippen molar-refractivity contribution in [3.05, 3.63) is 35.9 Å². The van der Waals surface area contributed by atoms with Crippen LogP contribution in [0.1, 0.15) is 31.2 Å². The lowest BCUT2D eigenvalue weighted by molar-refractivity contribution is 0.216. The summed E-state index contributed by atoms with van der Waals surface area (Å²) >= 11 is 0. The summed E-state index contributed by atoms with van der Waals surface area (Å²) < 4.78 is 0. The molecule has 2 aliphatic rings. The smallest absolute Gasteiger partial charge is 0.147 e. The van der Waals surface area contributed by atoms with Crippen LogP contribution in [0.5, 0.6) is 0 Å². The van der Waals surface area contributed by atoms with Crippen LogP contribution in [-0.2, 0) is 5.54 Å². The lowest BCUT2D eigenvalue weighted by Crippen LogP contribution is -2.35. The lowest BCUT2D eigenvalue weighted by Gasteiger charge is -2.30. The minimum absolute atomic E-state index is 0.355. The van der Waals surface area contributed by atoms with Crippen LogP contribution in [0.4, 0.5) is 0 Å². The van der Waals surface area contributed by atoms with Crippen molar-refractivity contribution in [1.29, 1.82) is 0 Å². The Hall–Kier alpha value is -1.55. The Kier molecular flexibility index (Phi) is 3.69. The molecule has 1 aromatic rings. The third kappa shape index (κ3) is 2.73. The molecular weight excluding hydrogens is 236 g/mol. The zero-order valence-corrected chi connectivity index (χ0v) is 11.1. The second-order valence-electron chi connectivity index (χ2n) is 5.30. The number of hydrogen-bond acceptors (Lipinski definition) is 4. The molecule has 1 atom stereocenters. The van der Waals surface area contributed by atoms with Gasteiger partial charge in [-0.05, 0) is 49.2 Å². The number of nitrogens with zero attached hydrogens (tertiary/aromatic N) is 4. The molecule has 1 radical (unpaired) electrons. The van der Waals surface area contributed by atoms with E-state index < -0.39 is 0 Å². The van der Waals surface area contributed by atoms with Crippen molar-refractivity contribution in [2.45, 2.75) is 31.2 Å². The van der Waals surface area contributed by atoms with Gasteiger partial charge >= 0.3 is 0 Å². The van der Waals surface area contributed by atoms with E-state index in [1.807, 2.05) is 18.3 Å². The van der Waals surface area contributed by atoms with E-state index in [-0.39, 0.29) is 5.54 Å². The van der Waals surface area contributed by atoms with Crippen molar-refractivity contribution in [2.75, 3.05) is 19.6 Å². The lowest BCUT2D eigenvalue weighted by atomic mass is 9.88. The predicted molar refractivity (Wildman–Crippen MR) is 75.2 cm³/mol. The molecule has 0 aliphatic carbocycles. The van der Waals surface area contributed by atoms with E-state index in [4.69, 9.17) is 0 Å². The third-order valence-corrected chi connectivity index (χ3v) is 4.02. The molecule has 0 spiro atoms. The van der Waals surface area contributed by atoms with Crippen LogP contribution in [0.2, 0.25) is 0 Å². The first-order chi connectivity index (χ1) is 9.39. The van der Waals surface area contributed by atoms with Crippen LogP contribution >= 0.6 is 0 Å². The number of hydrogen-bond donors (Lipinski definition) is 0. The number of piperidine rings is 1. The highest BCUT2D eigenvalue weighted by atomic mass is 15.4. The molecule has 1 fully saturated rings. The first-order valence-electron chi connectivity index (χ1n) is 7.04. The minimum Gasteiger partial charge on any atom is -0.303 e. The maximum atomic E-state index is 4.38. The molecule has 0 amide bonds. The van der Waals surface area contributed by atoms with Gasteiger partial charge in [0.15, 0.2) is 0 Å². The van der Waals surface area contributed by atoms with Gasteiger partial charge in [0.1, 0.15) is 5.54 Å². The zero-order chi connectivity index (χ0) is 13.0. The molecule has 1 unspecified atom stereocenters. The van der Waals surface area contributed by atoms with Crippen LogP contribution < -0.4 is 0 Å². The summed E-state index contributed by atoms with van der Waals surface area (Å²) in [6.45, 7) is 3.49. The van der Waals surface area contributed by atoms with Crippen LogP contribution in [0.25, 0.3) is 0 Å². The standard InChI is InChI=1S/C15H19N4/c1-3-7-14(8-4-1)15(13-16-18-17-15)9-12-19-10-5-2-6-11-19/h3-4,7-8,13H,2,5-6,9-12H2. The van der Waals surface area contributed by atoms with Gasteiger partial charge < -0.3 is 4.90 Å². The summed E-state index contributed by atoms with van der Waals surface area (Å²) in [7, 11) is 0. The monoisotopic (exact) mass is 255 g/mol. The average molecular weight is 255 g/mol. The largest absolute Gasteiger partial charge is 0.303 e. The fraction of sp³-hybridized carbons (Fsp3) is 0.533. The Morgan fingerprint density at radius 2 is 1.95 bits per heavy atom. The topological polar surface area (TPSA) is 40.3 Å². The Morgan fingerprint density at radius 1 is 1.16 bits per heavy atom. The van der Waals surface area contributed by atoms with Gasteiger partial charge in [-0.2, -0.15) is 5.11 Å². The fourth-order valence-electron chi connectivity index (χ4n) is 2.83. The molecule has 4 nitrogen and oxygen atoms in total. The second-order valence-corrected chi connectivity index (χ2v) is 5.30. The molecule has 3 rings (SSSR count). The maximum absolute atomic E-state index is 4.38. The highest BCUT2D eigenvalue weighted by Gasteiger charge is 2.33. The molecule has 19 heavy (non-hydrogen) atoms. The predicted octanol–water partition coefficient (Wildman–Crippen LogP) is 3.01. The van der Waals surface area contributed by atoms with Gasteiger partial charge in [-0.25, -0.2) is 0 Å². The van der Waals surface area contributed by atoms with Crippen molar-refractivity contribution in [1.82, 2.24) is 4.90 Å². The highest BCUT2D eigenvalue weighted by Crippen LogP contribution is 2.31. The van der Waals surface area contributed by atoms with Gasteiger partial charge in [0.2, 0.25) is 0 Å². The number of likely N-dealkylation sites (tertiary alicyclic amines) is 1. The summed E-state index contributed by atoms with van der Waals surface area (Å²) in [6, 6.07) is 11.0. The van der Waals surface area contributed by atoms with Crippen LogP contribution in [0, 0.1) is 6.07 Å². The van der Waals surface area contributed by atoms with Crippen molar-refractivity contribution >= 4 is 6.21 Å². The normalized spacial score (nSPS) is 26.9. The maximum Gasteiger partial charge on any atom is 0.147 e. The van der Waals surface area contributed by atoms with E-state index in [9.17, 15) is 0 Å². The summed E-state index contributed by atoms with van der Waals surface area (Å²) in [6.07, 6.45) is 6.85. The molecule has 2 heterocycles. The molecule has 4 heteroatoms. The molecule has 2 aliphatic heterocycles. The van der Waals surface area contributed by atoms with E-state index in [0.29, 0.717) is 0 Å². The minimum atomic E-state index is -0.355. The molecule has 1 saturated heterocycles. The van der Waals surface area contributed by atoms with Gasteiger partial charge in [-0.3, -0.25) is 0 Å². The van der Waals surface area contributed by atoms with Crippen molar-refractivity contribution in [3.63, 3.8) is 0 Å². The summed E-state index contributed by atoms with van der Waals surface area (Å²) in [5.41, 5.74) is 0.806. The fourth-order valence-corrected chi connectivity index (χ4v) is 2.83. The van der Waals surface area contributed by atoms with E-state index in [0.717, 1.165) is 18.5 Å². The average Bonchev–Trinajstić information content (AvgIpc) is 2.97. The van der Waals surface area contributed by atoms with Crippen molar-refractivity contribution in [3.8, 4) is 0 Å². The van der Waals surface area contributed by atoms with Gasteiger partial charge in [0, 0.05) is 6.54 Å². The van der Waals surface area contributed by atoms with Gasteiger partial charge in [0.05, 0.1) is 6.21 Å². The van der Waals surface area contributed by atoms with Gasteiger partial charge in [-0.1, -0.05) is 30.7 Å². The Balaban J connectivity index is 1.71. The Labute approximate surface area is 114 Å². The molecule has 1 aromatic carbocycles. The Bertz CT molecular complexity index is 448. The van der Waals surface area contributed by atoms with Gasteiger partial charge in [0.25, 0.3) is 0 Å². The SMILES string of the molecule is [c]1ccc(C2(CCN3CCCCC3)C=NN=N2)cc1. The van der Waals surface area contributed by atoms with Crippen molar-refractivity contribution in [2.24, 2.45) is 15.4 Å². The van der Waals surface area contributed by atoms with Gasteiger partial charge in [-0.15, -0.1) is 5.10 Å². The Morgan fingerprint density at radius 3 is 2.63 bits per heavy atom. The first kappa shape index (κ1) is 12.5. The molecular formula is C15H19N4.